The fraction of sp³-hybridized carbons (Fsp3) is 0.286. The van der Waals surface area contributed by atoms with Crippen molar-refractivity contribution in [2.24, 2.45) is 0 Å². The summed E-state index contributed by atoms with van der Waals surface area (Å²) < 4.78 is 1.83. The van der Waals surface area contributed by atoms with Gasteiger partial charge in [0.25, 0.3) is 0 Å². The van der Waals surface area contributed by atoms with Gasteiger partial charge in [-0.25, -0.2) is 4.98 Å². The van der Waals surface area contributed by atoms with Gasteiger partial charge in [-0.15, -0.1) is 0 Å². The fourth-order valence-electron chi connectivity index (χ4n) is 3.09. The third-order valence-electron chi connectivity index (χ3n) is 4.38. The molecule has 7 heteroatoms. The molecule has 0 aliphatic carbocycles. The average molecular weight is 399 g/mol. The predicted molar refractivity (Wildman–Crippen MR) is 111 cm³/mol. The molecular formula is C21H23ClN4O2. The minimum Gasteiger partial charge on any atom is -0.346 e. The van der Waals surface area contributed by atoms with E-state index in [9.17, 15) is 9.59 Å². The lowest BCUT2D eigenvalue weighted by Gasteiger charge is -2.16. The van der Waals surface area contributed by atoms with Crippen LogP contribution in [0.25, 0.3) is 11.0 Å². The molecule has 1 unspecified atom stereocenters. The van der Waals surface area contributed by atoms with Crippen LogP contribution in [0, 0.1) is 0 Å². The standard InChI is InChI=1S/C21H23ClN4O2/c1-3-8-19(27)23-14(2)21-25-17-11-6-7-12-18(17)26(21)13-20(28)24-16-10-5-4-9-15(16)22/h4-7,9-12,14H,3,8,13H2,1-2H3,(H,23,27)(H,24,28). The number of fused-ring (bicyclic) bond motifs is 1. The normalized spacial score (nSPS) is 12.0. The molecule has 3 aromatic rings. The molecule has 1 atom stereocenters. The summed E-state index contributed by atoms with van der Waals surface area (Å²) in [6.07, 6.45) is 1.23. The number of imidazole rings is 1. The van der Waals surface area contributed by atoms with Gasteiger partial charge in [0.05, 0.1) is 27.8 Å². The van der Waals surface area contributed by atoms with E-state index in [1.165, 1.54) is 0 Å². The molecule has 1 aromatic heterocycles. The van der Waals surface area contributed by atoms with Crippen LogP contribution in [0.4, 0.5) is 5.69 Å². The summed E-state index contributed by atoms with van der Waals surface area (Å²) in [6, 6.07) is 14.4. The van der Waals surface area contributed by atoms with Crippen molar-refractivity contribution in [2.75, 3.05) is 5.32 Å². The molecule has 0 aliphatic rings. The molecule has 0 saturated carbocycles. The number of carbonyl (C=O) groups excluding carboxylic acids is 2. The van der Waals surface area contributed by atoms with Gasteiger partial charge in [-0.1, -0.05) is 42.8 Å². The number of para-hydroxylation sites is 3. The first-order valence-electron chi connectivity index (χ1n) is 9.28. The van der Waals surface area contributed by atoms with Crippen molar-refractivity contribution in [1.29, 1.82) is 0 Å². The number of halogens is 1. The second-order valence-electron chi connectivity index (χ2n) is 6.61. The Kier molecular flexibility index (Phi) is 6.31. The molecule has 2 amide bonds. The number of benzene rings is 2. The maximum absolute atomic E-state index is 12.7. The topological polar surface area (TPSA) is 76.0 Å². The molecular weight excluding hydrogens is 376 g/mol. The minimum absolute atomic E-state index is 0.0332. The lowest BCUT2D eigenvalue weighted by atomic mass is 10.2. The number of nitrogens with zero attached hydrogens (tertiary/aromatic N) is 2. The van der Waals surface area contributed by atoms with E-state index in [4.69, 9.17) is 11.6 Å². The van der Waals surface area contributed by atoms with Crippen LogP contribution in [0.15, 0.2) is 48.5 Å². The van der Waals surface area contributed by atoms with Crippen LogP contribution in [-0.4, -0.2) is 21.4 Å². The monoisotopic (exact) mass is 398 g/mol. The van der Waals surface area contributed by atoms with Crippen molar-refractivity contribution in [3.63, 3.8) is 0 Å². The second kappa shape index (κ2) is 8.89. The first kappa shape index (κ1) is 19.9. The van der Waals surface area contributed by atoms with Gasteiger partial charge in [0, 0.05) is 6.42 Å². The molecule has 6 nitrogen and oxygen atoms in total. The van der Waals surface area contributed by atoms with Gasteiger partial charge >= 0.3 is 0 Å². The highest BCUT2D eigenvalue weighted by Crippen LogP contribution is 2.23. The van der Waals surface area contributed by atoms with Crippen LogP contribution < -0.4 is 10.6 Å². The molecule has 0 fully saturated rings. The number of anilines is 1. The van der Waals surface area contributed by atoms with Crippen molar-refractivity contribution in [2.45, 2.75) is 39.3 Å². The Labute approximate surface area is 168 Å². The number of rotatable bonds is 7. The first-order chi connectivity index (χ1) is 13.5. The van der Waals surface area contributed by atoms with E-state index in [1.807, 2.05) is 48.7 Å². The van der Waals surface area contributed by atoms with Gasteiger partial charge in [-0.3, -0.25) is 9.59 Å². The Morgan fingerprint density at radius 3 is 2.57 bits per heavy atom. The van der Waals surface area contributed by atoms with Gasteiger partial charge in [-0.2, -0.15) is 0 Å². The van der Waals surface area contributed by atoms with E-state index in [0.29, 0.717) is 23.0 Å². The van der Waals surface area contributed by atoms with Crippen LogP contribution in [-0.2, 0) is 16.1 Å². The number of nitrogens with one attached hydrogen (secondary N) is 2. The van der Waals surface area contributed by atoms with E-state index >= 15 is 0 Å². The smallest absolute Gasteiger partial charge is 0.244 e. The number of hydrogen-bond donors (Lipinski definition) is 2. The van der Waals surface area contributed by atoms with Gasteiger partial charge in [0.15, 0.2) is 0 Å². The predicted octanol–water partition coefficient (Wildman–Crippen LogP) is 4.31. The molecule has 0 bridgehead atoms. The van der Waals surface area contributed by atoms with E-state index in [-0.39, 0.29) is 24.4 Å². The fourth-order valence-corrected chi connectivity index (χ4v) is 3.28. The summed E-state index contributed by atoms with van der Waals surface area (Å²) in [6.45, 7) is 3.89. The minimum atomic E-state index is -0.320. The van der Waals surface area contributed by atoms with Crippen LogP contribution in [0.2, 0.25) is 5.02 Å². The number of amides is 2. The zero-order valence-electron chi connectivity index (χ0n) is 15.9. The second-order valence-corrected chi connectivity index (χ2v) is 7.02. The number of aromatic nitrogens is 2. The summed E-state index contributed by atoms with van der Waals surface area (Å²) in [5, 5.41) is 6.27. The molecule has 1 heterocycles. The summed E-state index contributed by atoms with van der Waals surface area (Å²) in [4.78, 5) is 29.3. The Morgan fingerprint density at radius 1 is 1.11 bits per heavy atom. The highest BCUT2D eigenvalue weighted by Gasteiger charge is 2.20. The summed E-state index contributed by atoms with van der Waals surface area (Å²) in [5.41, 5.74) is 2.17. The van der Waals surface area contributed by atoms with Crippen molar-refractivity contribution in [1.82, 2.24) is 14.9 Å². The highest BCUT2D eigenvalue weighted by molar-refractivity contribution is 6.33. The lowest BCUT2D eigenvalue weighted by molar-refractivity contribution is -0.121. The molecule has 0 saturated heterocycles. The van der Waals surface area contributed by atoms with Gasteiger partial charge in [-0.05, 0) is 37.6 Å². The van der Waals surface area contributed by atoms with Crippen LogP contribution in [0.5, 0.6) is 0 Å². The lowest BCUT2D eigenvalue weighted by Crippen LogP contribution is -2.29. The molecule has 146 valence electrons. The molecule has 0 aliphatic heterocycles. The maximum Gasteiger partial charge on any atom is 0.244 e. The maximum atomic E-state index is 12.7. The van der Waals surface area contributed by atoms with E-state index < -0.39 is 0 Å². The zero-order chi connectivity index (χ0) is 20.1. The SMILES string of the molecule is CCCC(=O)NC(C)c1nc2ccccc2n1CC(=O)Nc1ccccc1Cl. The van der Waals surface area contributed by atoms with Crippen molar-refractivity contribution in [3.05, 3.63) is 59.4 Å². The summed E-state index contributed by atoms with van der Waals surface area (Å²) >= 11 is 6.13. The zero-order valence-corrected chi connectivity index (χ0v) is 16.7. The van der Waals surface area contributed by atoms with Crippen LogP contribution >= 0.6 is 11.6 Å². The quantitative estimate of drug-likeness (QED) is 0.622. The largest absolute Gasteiger partial charge is 0.346 e. The number of hydrogen-bond acceptors (Lipinski definition) is 3. The Balaban J connectivity index is 1.87. The molecule has 0 spiro atoms. The molecule has 2 N–H and O–H groups in total. The van der Waals surface area contributed by atoms with Crippen molar-refractivity contribution < 1.29 is 9.59 Å². The van der Waals surface area contributed by atoms with Crippen molar-refractivity contribution >= 4 is 40.1 Å². The van der Waals surface area contributed by atoms with Gasteiger partial charge in [0.1, 0.15) is 12.4 Å². The Bertz CT molecular complexity index is 999. The van der Waals surface area contributed by atoms with Gasteiger partial charge in [0.2, 0.25) is 11.8 Å². The summed E-state index contributed by atoms with van der Waals surface area (Å²) in [5.74, 6) is 0.388. The van der Waals surface area contributed by atoms with E-state index in [0.717, 1.165) is 17.5 Å². The van der Waals surface area contributed by atoms with Crippen molar-refractivity contribution in [3.8, 4) is 0 Å². The van der Waals surface area contributed by atoms with E-state index in [2.05, 4.69) is 15.6 Å². The average Bonchev–Trinajstić information content (AvgIpc) is 3.02. The first-order valence-corrected chi connectivity index (χ1v) is 9.66. The van der Waals surface area contributed by atoms with E-state index in [1.54, 1.807) is 18.2 Å². The molecule has 0 radical (unpaired) electrons. The molecule has 2 aromatic carbocycles. The summed E-state index contributed by atoms with van der Waals surface area (Å²) in [7, 11) is 0. The molecule has 28 heavy (non-hydrogen) atoms. The third-order valence-corrected chi connectivity index (χ3v) is 4.71. The van der Waals surface area contributed by atoms with Crippen LogP contribution in [0.3, 0.4) is 0 Å². The third kappa shape index (κ3) is 4.51. The Hall–Kier alpha value is -2.86. The number of carbonyl (C=O) groups is 2. The Morgan fingerprint density at radius 2 is 1.82 bits per heavy atom. The van der Waals surface area contributed by atoms with Crippen LogP contribution in [0.1, 0.15) is 38.6 Å². The molecule has 3 rings (SSSR count). The van der Waals surface area contributed by atoms with Gasteiger partial charge < -0.3 is 15.2 Å². The highest BCUT2D eigenvalue weighted by atomic mass is 35.5.